The Morgan fingerprint density at radius 2 is 1.56 bits per heavy atom. The average Bonchev–Trinajstić information content (AvgIpc) is 3.19. The van der Waals surface area contributed by atoms with Gasteiger partial charge in [-0.05, 0) is 54.8 Å². The van der Waals surface area contributed by atoms with Crippen molar-refractivity contribution in [3.8, 4) is 0 Å². The standard InChI is InChI=1S/C29H39N3O3.CH4/c1-23(33)30-26-13-16-28-25(22-26)17-19-31(28)18-9-7-5-6-8-10-20-35-29(34)21-24-11-14-27(15-12-24)32(2,3)4;/h11-17,19,22H,5-10,18,20-21H2,1-4H3;1H4/p+1. The molecule has 0 bridgehead atoms. The zero-order chi connectivity index (χ0) is 25.3. The molecule has 0 atom stereocenters. The number of rotatable bonds is 13. The second kappa shape index (κ2) is 13.8. The maximum absolute atomic E-state index is 12.1. The fraction of sp³-hybridized carbons (Fsp3) is 0.467. The van der Waals surface area contributed by atoms with Gasteiger partial charge in [-0.1, -0.05) is 45.2 Å². The van der Waals surface area contributed by atoms with Crippen LogP contribution in [0.4, 0.5) is 11.4 Å². The summed E-state index contributed by atoms with van der Waals surface area (Å²) in [6.45, 7) is 3.03. The number of quaternary nitrogens is 1. The predicted molar refractivity (Wildman–Crippen MR) is 151 cm³/mol. The normalized spacial score (nSPS) is 11.2. The van der Waals surface area contributed by atoms with Gasteiger partial charge in [-0.15, -0.1) is 0 Å². The van der Waals surface area contributed by atoms with Crippen LogP contribution in [0.1, 0.15) is 58.4 Å². The highest BCUT2D eigenvalue weighted by molar-refractivity contribution is 5.92. The molecule has 1 amide bonds. The van der Waals surface area contributed by atoms with Gasteiger partial charge in [0.05, 0.1) is 34.2 Å². The van der Waals surface area contributed by atoms with Gasteiger partial charge in [0.15, 0.2) is 0 Å². The summed E-state index contributed by atoms with van der Waals surface area (Å²) in [6, 6.07) is 16.3. The molecule has 1 N–H and O–H groups in total. The van der Waals surface area contributed by atoms with Crippen LogP contribution in [0.2, 0.25) is 0 Å². The van der Waals surface area contributed by atoms with Crippen molar-refractivity contribution in [2.75, 3.05) is 33.1 Å². The molecular weight excluding hydrogens is 450 g/mol. The first-order valence-corrected chi connectivity index (χ1v) is 12.7. The Kier molecular flexibility index (Phi) is 11.2. The van der Waals surface area contributed by atoms with Crippen molar-refractivity contribution in [3.05, 3.63) is 60.3 Å². The lowest BCUT2D eigenvalue weighted by Gasteiger charge is -2.23. The number of esters is 1. The number of aryl methyl sites for hydroxylation is 1. The van der Waals surface area contributed by atoms with Gasteiger partial charge in [0, 0.05) is 36.3 Å². The van der Waals surface area contributed by atoms with Crippen LogP contribution in [0.15, 0.2) is 54.7 Å². The SMILES string of the molecule is C.CC(=O)Nc1ccc2c(ccn2CCCCCCCCOC(=O)Cc2ccc([N+](C)(C)C)cc2)c1. The number of aromatic nitrogens is 1. The van der Waals surface area contributed by atoms with E-state index >= 15 is 0 Å². The Bertz CT molecular complexity index is 1110. The molecule has 0 aliphatic heterocycles. The summed E-state index contributed by atoms with van der Waals surface area (Å²) in [5.41, 5.74) is 4.24. The van der Waals surface area contributed by atoms with E-state index in [1.165, 1.54) is 31.0 Å². The van der Waals surface area contributed by atoms with Crippen molar-refractivity contribution >= 4 is 34.2 Å². The summed E-state index contributed by atoms with van der Waals surface area (Å²) in [5, 5.41) is 3.98. The lowest BCUT2D eigenvalue weighted by atomic mass is 10.1. The first-order chi connectivity index (χ1) is 16.7. The van der Waals surface area contributed by atoms with Crippen LogP contribution < -0.4 is 9.80 Å². The number of fused-ring (bicyclic) bond motifs is 1. The van der Waals surface area contributed by atoms with Crippen LogP contribution >= 0.6 is 0 Å². The van der Waals surface area contributed by atoms with Crippen LogP contribution in [0.3, 0.4) is 0 Å². The summed E-state index contributed by atoms with van der Waals surface area (Å²) in [6.07, 6.45) is 9.14. The maximum atomic E-state index is 12.1. The Hall–Kier alpha value is -3.12. The number of hydrogen-bond donors (Lipinski definition) is 1. The van der Waals surface area contributed by atoms with E-state index < -0.39 is 0 Å². The minimum absolute atomic E-state index is 0. The Morgan fingerprint density at radius 3 is 2.22 bits per heavy atom. The van der Waals surface area contributed by atoms with E-state index in [1.807, 2.05) is 24.3 Å². The molecule has 0 spiro atoms. The molecule has 1 aromatic heterocycles. The molecule has 1 heterocycles. The Balaban J connectivity index is 0.00000456. The number of benzene rings is 2. The van der Waals surface area contributed by atoms with Gasteiger partial charge < -0.3 is 14.6 Å². The smallest absolute Gasteiger partial charge is 0.310 e. The second-order valence-corrected chi connectivity index (χ2v) is 10.2. The van der Waals surface area contributed by atoms with Crippen LogP contribution in [0.25, 0.3) is 10.9 Å². The van der Waals surface area contributed by atoms with E-state index in [9.17, 15) is 9.59 Å². The number of amides is 1. The first-order valence-electron chi connectivity index (χ1n) is 12.7. The molecule has 0 fully saturated rings. The summed E-state index contributed by atoms with van der Waals surface area (Å²) in [7, 11) is 6.37. The van der Waals surface area contributed by atoms with Gasteiger partial charge in [-0.3, -0.25) is 14.1 Å². The summed E-state index contributed by atoms with van der Waals surface area (Å²) in [5.74, 6) is -0.200. The lowest BCUT2D eigenvalue weighted by Crippen LogP contribution is -2.34. The van der Waals surface area contributed by atoms with Gasteiger partial charge in [0.25, 0.3) is 0 Å². The van der Waals surface area contributed by atoms with Gasteiger partial charge in [0.2, 0.25) is 5.91 Å². The molecule has 2 aromatic carbocycles. The van der Waals surface area contributed by atoms with E-state index in [2.05, 4.69) is 61.5 Å². The molecule has 36 heavy (non-hydrogen) atoms. The highest BCUT2D eigenvalue weighted by Crippen LogP contribution is 2.21. The molecule has 3 aromatic rings. The number of carbonyl (C=O) groups is 2. The van der Waals surface area contributed by atoms with E-state index in [-0.39, 0.29) is 19.3 Å². The van der Waals surface area contributed by atoms with Crippen LogP contribution in [0.5, 0.6) is 0 Å². The molecular formula is C30H44N3O3+. The van der Waals surface area contributed by atoms with Gasteiger partial charge in [-0.25, -0.2) is 0 Å². The van der Waals surface area contributed by atoms with E-state index in [0.717, 1.165) is 53.3 Å². The van der Waals surface area contributed by atoms with E-state index in [1.54, 1.807) is 0 Å². The zero-order valence-electron chi connectivity index (χ0n) is 21.7. The van der Waals surface area contributed by atoms with E-state index in [0.29, 0.717) is 13.0 Å². The van der Waals surface area contributed by atoms with Crippen molar-refractivity contribution in [2.24, 2.45) is 0 Å². The molecule has 0 saturated carbocycles. The van der Waals surface area contributed by atoms with Gasteiger partial charge >= 0.3 is 5.97 Å². The predicted octanol–water partition coefficient (Wildman–Crippen LogP) is 6.56. The number of anilines is 1. The third kappa shape index (κ3) is 9.15. The molecule has 196 valence electrons. The maximum Gasteiger partial charge on any atom is 0.310 e. The lowest BCUT2D eigenvalue weighted by molar-refractivity contribution is -0.143. The Morgan fingerprint density at radius 1 is 0.889 bits per heavy atom. The fourth-order valence-corrected chi connectivity index (χ4v) is 4.23. The number of hydrogen-bond acceptors (Lipinski definition) is 3. The van der Waals surface area contributed by atoms with E-state index in [4.69, 9.17) is 4.74 Å². The largest absolute Gasteiger partial charge is 0.465 e. The molecule has 6 nitrogen and oxygen atoms in total. The molecule has 0 aliphatic carbocycles. The highest BCUT2D eigenvalue weighted by atomic mass is 16.5. The number of ether oxygens (including phenoxy) is 1. The number of nitrogens with zero attached hydrogens (tertiary/aromatic N) is 2. The monoisotopic (exact) mass is 494 g/mol. The van der Waals surface area contributed by atoms with Gasteiger partial charge in [0.1, 0.15) is 5.69 Å². The fourth-order valence-electron chi connectivity index (χ4n) is 4.23. The van der Waals surface area contributed by atoms with Crippen LogP contribution in [-0.4, -0.2) is 44.2 Å². The van der Waals surface area contributed by atoms with Crippen molar-refractivity contribution < 1.29 is 14.3 Å². The summed E-state index contributed by atoms with van der Waals surface area (Å²) < 4.78 is 8.46. The number of nitrogens with one attached hydrogen (secondary N) is 1. The van der Waals surface area contributed by atoms with Crippen molar-refractivity contribution in [1.29, 1.82) is 0 Å². The van der Waals surface area contributed by atoms with Crippen molar-refractivity contribution in [2.45, 2.75) is 65.8 Å². The number of carbonyl (C=O) groups excluding carboxylic acids is 2. The van der Waals surface area contributed by atoms with Crippen LogP contribution in [-0.2, 0) is 27.3 Å². The minimum atomic E-state index is -0.147. The second-order valence-electron chi connectivity index (χ2n) is 10.2. The molecule has 0 saturated heterocycles. The molecule has 6 heteroatoms. The molecule has 0 aliphatic rings. The highest BCUT2D eigenvalue weighted by Gasteiger charge is 2.12. The third-order valence-electron chi connectivity index (χ3n) is 6.21. The zero-order valence-corrected chi connectivity index (χ0v) is 21.7. The summed E-state index contributed by atoms with van der Waals surface area (Å²) in [4.78, 5) is 23.3. The Labute approximate surface area is 216 Å². The average molecular weight is 495 g/mol. The minimum Gasteiger partial charge on any atom is -0.465 e. The third-order valence-corrected chi connectivity index (χ3v) is 6.21. The van der Waals surface area contributed by atoms with Crippen molar-refractivity contribution in [3.63, 3.8) is 0 Å². The quantitative estimate of drug-likeness (QED) is 0.166. The first kappa shape index (κ1) is 29.1. The molecule has 0 unspecified atom stereocenters. The molecule has 0 radical (unpaired) electrons. The van der Waals surface area contributed by atoms with Crippen molar-refractivity contribution in [1.82, 2.24) is 9.05 Å². The number of unbranched alkanes of at least 4 members (excludes halogenated alkanes) is 5. The van der Waals surface area contributed by atoms with Gasteiger partial charge in [-0.2, -0.15) is 0 Å². The molecule has 3 rings (SSSR count). The summed E-state index contributed by atoms with van der Waals surface area (Å²) >= 11 is 0. The topological polar surface area (TPSA) is 60.3 Å². The van der Waals surface area contributed by atoms with Crippen LogP contribution in [0, 0.1) is 0 Å².